The molecule has 4 rings (SSSR count). The lowest BCUT2D eigenvalue weighted by Gasteiger charge is -2.38. The van der Waals surface area contributed by atoms with Crippen molar-refractivity contribution in [1.29, 1.82) is 0 Å². The van der Waals surface area contributed by atoms with Crippen LogP contribution in [0.2, 0.25) is 0 Å². The van der Waals surface area contributed by atoms with Crippen molar-refractivity contribution in [3.8, 4) is 5.75 Å². The molecule has 0 bridgehead atoms. The zero-order valence-corrected chi connectivity index (χ0v) is 17.8. The van der Waals surface area contributed by atoms with Crippen LogP contribution in [0.4, 0.5) is 11.4 Å². The first-order valence-electron chi connectivity index (χ1n) is 10.8. The second-order valence-corrected chi connectivity index (χ2v) is 8.14. The zero-order valence-electron chi connectivity index (χ0n) is 17.8. The molecule has 1 saturated heterocycles. The summed E-state index contributed by atoms with van der Waals surface area (Å²) in [5.74, 6) is 0.929. The molecule has 3 aromatic rings. The fraction of sp³-hybridized carbons (Fsp3) is 0.308. The molecule has 2 atom stereocenters. The van der Waals surface area contributed by atoms with Crippen molar-refractivity contribution in [2.75, 3.05) is 23.3 Å². The van der Waals surface area contributed by atoms with Crippen molar-refractivity contribution in [3.05, 3.63) is 90.0 Å². The maximum atomic E-state index is 6.44. The number of para-hydroxylation sites is 1. The number of anilines is 2. The molecule has 0 aromatic heterocycles. The average molecular weight is 402 g/mol. The van der Waals surface area contributed by atoms with Gasteiger partial charge in [0.15, 0.2) is 5.75 Å². The molecule has 1 fully saturated rings. The third-order valence-corrected chi connectivity index (χ3v) is 5.44. The van der Waals surface area contributed by atoms with Gasteiger partial charge in [0, 0.05) is 31.7 Å². The largest absolute Gasteiger partial charge is 0.485 e. The predicted molar refractivity (Wildman–Crippen MR) is 125 cm³/mol. The van der Waals surface area contributed by atoms with Crippen LogP contribution in [0.25, 0.3) is 0 Å². The van der Waals surface area contributed by atoms with Crippen molar-refractivity contribution in [2.45, 2.75) is 39.1 Å². The van der Waals surface area contributed by atoms with Gasteiger partial charge in [0.25, 0.3) is 0 Å². The van der Waals surface area contributed by atoms with Crippen LogP contribution in [-0.4, -0.2) is 25.2 Å². The summed E-state index contributed by atoms with van der Waals surface area (Å²) in [5, 5.41) is 7.22. The van der Waals surface area contributed by atoms with Crippen LogP contribution in [0.3, 0.4) is 0 Å². The van der Waals surface area contributed by atoms with Gasteiger partial charge in [0.05, 0.1) is 11.4 Å². The van der Waals surface area contributed by atoms with Gasteiger partial charge < -0.3 is 20.3 Å². The van der Waals surface area contributed by atoms with Gasteiger partial charge in [-0.2, -0.15) is 0 Å². The Labute approximate surface area is 179 Å². The Morgan fingerprint density at radius 3 is 2.13 bits per heavy atom. The van der Waals surface area contributed by atoms with Gasteiger partial charge in [-0.3, -0.25) is 0 Å². The first kappa shape index (κ1) is 20.3. The third-order valence-electron chi connectivity index (χ3n) is 5.44. The topological polar surface area (TPSA) is 36.5 Å². The molecule has 0 amide bonds. The Hall–Kier alpha value is -2.98. The second-order valence-electron chi connectivity index (χ2n) is 8.14. The molecule has 3 aromatic carbocycles. The van der Waals surface area contributed by atoms with E-state index in [0.29, 0.717) is 18.7 Å². The Kier molecular flexibility index (Phi) is 6.55. The van der Waals surface area contributed by atoms with Crippen molar-refractivity contribution in [3.63, 3.8) is 0 Å². The van der Waals surface area contributed by atoms with E-state index in [1.165, 1.54) is 11.1 Å². The summed E-state index contributed by atoms with van der Waals surface area (Å²) in [6.45, 7) is 7.73. The normalized spacial score (nSPS) is 18.8. The molecule has 0 unspecified atom stereocenters. The number of nitrogens with one attached hydrogen (secondary N) is 2. The Bertz CT molecular complexity index is 920. The maximum absolute atomic E-state index is 6.44. The van der Waals surface area contributed by atoms with Crippen LogP contribution in [0.15, 0.2) is 78.9 Å². The van der Waals surface area contributed by atoms with Crippen molar-refractivity contribution in [1.82, 2.24) is 5.32 Å². The van der Waals surface area contributed by atoms with Crippen LogP contribution in [0.1, 0.15) is 25.0 Å². The van der Waals surface area contributed by atoms with E-state index < -0.39 is 0 Å². The summed E-state index contributed by atoms with van der Waals surface area (Å²) in [7, 11) is 0. The molecule has 1 heterocycles. The van der Waals surface area contributed by atoms with Gasteiger partial charge >= 0.3 is 0 Å². The first-order valence-corrected chi connectivity index (χ1v) is 10.8. The molecule has 1 aliphatic heterocycles. The third kappa shape index (κ3) is 5.14. The minimum absolute atomic E-state index is 0.441. The predicted octanol–water partition coefficient (Wildman–Crippen LogP) is 5.06. The second kappa shape index (κ2) is 9.68. The molecule has 0 radical (unpaired) electrons. The fourth-order valence-corrected chi connectivity index (χ4v) is 4.11. The highest BCUT2D eigenvalue weighted by atomic mass is 16.5. The molecule has 4 heteroatoms. The number of nitrogens with zero attached hydrogens (tertiary/aromatic N) is 1. The quantitative estimate of drug-likeness (QED) is 0.580. The van der Waals surface area contributed by atoms with E-state index in [0.717, 1.165) is 36.8 Å². The van der Waals surface area contributed by atoms with Crippen molar-refractivity contribution in [2.24, 2.45) is 0 Å². The summed E-state index contributed by atoms with van der Waals surface area (Å²) in [5.41, 5.74) is 4.61. The highest BCUT2D eigenvalue weighted by Crippen LogP contribution is 2.37. The van der Waals surface area contributed by atoms with Crippen molar-refractivity contribution >= 4 is 11.4 Å². The number of rotatable bonds is 7. The van der Waals surface area contributed by atoms with E-state index >= 15 is 0 Å². The van der Waals surface area contributed by atoms with Crippen LogP contribution >= 0.6 is 0 Å². The number of piperazine rings is 1. The lowest BCUT2D eigenvalue weighted by molar-refractivity contribution is 0.306. The molecule has 0 saturated carbocycles. The number of ether oxygens (including phenoxy) is 1. The highest BCUT2D eigenvalue weighted by molar-refractivity contribution is 5.72. The summed E-state index contributed by atoms with van der Waals surface area (Å²) >= 11 is 0. The maximum Gasteiger partial charge on any atom is 0.166 e. The summed E-state index contributed by atoms with van der Waals surface area (Å²) in [6.07, 6.45) is 0. The SMILES string of the molecule is C[C@@H]1CN(c2cccc(NCc3ccccc3)c2OCc2ccccc2)C[C@H](C)N1. The number of hydrogen-bond acceptors (Lipinski definition) is 4. The standard InChI is InChI=1S/C26H31N3O/c1-20-17-29(18-21(2)28-20)25-15-9-14-24(27-16-22-10-5-3-6-11-22)26(25)30-19-23-12-7-4-8-13-23/h3-15,20-21,27-28H,16-19H2,1-2H3/t20-,21+. The van der Waals surface area contributed by atoms with E-state index in [-0.39, 0.29) is 0 Å². The summed E-state index contributed by atoms with van der Waals surface area (Å²) in [4.78, 5) is 2.44. The Balaban J connectivity index is 1.60. The smallest absolute Gasteiger partial charge is 0.166 e. The van der Waals surface area contributed by atoms with Crippen LogP contribution in [0.5, 0.6) is 5.75 Å². The van der Waals surface area contributed by atoms with Crippen LogP contribution < -0.4 is 20.3 Å². The molecule has 0 aliphatic carbocycles. The minimum atomic E-state index is 0.441. The summed E-state index contributed by atoms with van der Waals surface area (Å²) in [6, 6.07) is 28.1. The molecule has 1 aliphatic rings. The van der Waals surface area contributed by atoms with E-state index in [1.54, 1.807) is 0 Å². The molecular formula is C26H31N3O. The number of benzene rings is 3. The molecule has 0 spiro atoms. The lowest BCUT2D eigenvalue weighted by Crippen LogP contribution is -2.54. The number of hydrogen-bond donors (Lipinski definition) is 2. The molecule has 30 heavy (non-hydrogen) atoms. The monoisotopic (exact) mass is 401 g/mol. The summed E-state index contributed by atoms with van der Waals surface area (Å²) < 4.78 is 6.44. The highest BCUT2D eigenvalue weighted by Gasteiger charge is 2.24. The van der Waals surface area contributed by atoms with Crippen molar-refractivity contribution < 1.29 is 4.74 Å². The lowest BCUT2D eigenvalue weighted by atomic mass is 10.1. The van der Waals surface area contributed by atoms with Gasteiger partial charge in [0.2, 0.25) is 0 Å². The van der Waals surface area contributed by atoms with Gasteiger partial charge in [-0.1, -0.05) is 66.7 Å². The van der Waals surface area contributed by atoms with E-state index in [4.69, 9.17) is 4.74 Å². The van der Waals surface area contributed by atoms with Crippen LogP contribution in [0, 0.1) is 0 Å². The van der Waals surface area contributed by atoms with Gasteiger partial charge in [-0.25, -0.2) is 0 Å². The van der Waals surface area contributed by atoms with Gasteiger partial charge in [-0.15, -0.1) is 0 Å². The molecule has 2 N–H and O–H groups in total. The first-order chi connectivity index (χ1) is 14.7. The van der Waals surface area contributed by atoms with E-state index in [9.17, 15) is 0 Å². The molecule has 156 valence electrons. The van der Waals surface area contributed by atoms with E-state index in [1.807, 2.05) is 12.1 Å². The Morgan fingerprint density at radius 1 is 0.833 bits per heavy atom. The Morgan fingerprint density at radius 2 is 1.47 bits per heavy atom. The van der Waals surface area contributed by atoms with Gasteiger partial charge in [-0.05, 0) is 37.1 Å². The minimum Gasteiger partial charge on any atom is -0.485 e. The van der Waals surface area contributed by atoms with E-state index in [2.05, 4.69) is 96.1 Å². The fourth-order valence-electron chi connectivity index (χ4n) is 4.11. The molecular weight excluding hydrogens is 370 g/mol. The van der Waals surface area contributed by atoms with Gasteiger partial charge in [0.1, 0.15) is 6.61 Å². The molecule has 4 nitrogen and oxygen atoms in total. The average Bonchev–Trinajstić information content (AvgIpc) is 2.77. The zero-order chi connectivity index (χ0) is 20.8. The van der Waals surface area contributed by atoms with Crippen LogP contribution in [-0.2, 0) is 13.2 Å².